The molecule has 21 heavy (non-hydrogen) atoms. The van der Waals surface area contributed by atoms with Gasteiger partial charge in [0.15, 0.2) is 5.82 Å². The van der Waals surface area contributed by atoms with Crippen LogP contribution in [0.2, 0.25) is 0 Å². The van der Waals surface area contributed by atoms with Crippen molar-refractivity contribution in [3.63, 3.8) is 0 Å². The van der Waals surface area contributed by atoms with Gasteiger partial charge in [-0.1, -0.05) is 6.07 Å². The number of halogens is 2. The first-order chi connectivity index (χ1) is 9.99. The Morgan fingerprint density at radius 2 is 2.05 bits per heavy atom. The summed E-state index contributed by atoms with van der Waals surface area (Å²) >= 11 is 0. The fraction of sp³-hybridized carbons (Fsp3) is 0.462. The molecule has 1 aromatic carbocycles. The van der Waals surface area contributed by atoms with E-state index in [0.717, 1.165) is 16.7 Å². The number of benzene rings is 1. The average molecular weight is 297 g/mol. The van der Waals surface area contributed by atoms with Crippen LogP contribution in [0.4, 0.5) is 14.5 Å². The van der Waals surface area contributed by atoms with Gasteiger partial charge < -0.3 is 10.5 Å². The van der Waals surface area contributed by atoms with Crippen molar-refractivity contribution in [1.29, 1.82) is 0 Å². The molecule has 0 saturated heterocycles. The summed E-state index contributed by atoms with van der Waals surface area (Å²) in [7, 11) is 0. The highest BCUT2D eigenvalue weighted by atomic mass is 19.3. The molecule has 0 spiro atoms. The number of tetrazole rings is 1. The van der Waals surface area contributed by atoms with E-state index in [0.29, 0.717) is 18.1 Å². The van der Waals surface area contributed by atoms with Crippen LogP contribution in [0.5, 0.6) is 0 Å². The molecule has 6 nitrogen and oxygen atoms in total. The van der Waals surface area contributed by atoms with Crippen LogP contribution in [0, 0.1) is 13.8 Å². The fourth-order valence-electron chi connectivity index (χ4n) is 1.98. The molecule has 8 heteroatoms. The van der Waals surface area contributed by atoms with E-state index in [1.54, 1.807) is 0 Å². The van der Waals surface area contributed by atoms with Crippen molar-refractivity contribution >= 4 is 5.69 Å². The number of nitrogens with two attached hydrogens (primary N) is 1. The van der Waals surface area contributed by atoms with Gasteiger partial charge in [-0.25, -0.2) is 13.5 Å². The van der Waals surface area contributed by atoms with Gasteiger partial charge in [-0.3, -0.25) is 0 Å². The lowest BCUT2D eigenvalue weighted by Crippen LogP contribution is -2.13. The van der Waals surface area contributed by atoms with Crippen molar-refractivity contribution in [3.05, 3.63) is 23.3 Å². The molecule has 0 atom stereocenters. The van der Waals surface area contributed by atoms with Crippen LogP contribution in [-0.4, -0.2) is 39.8 Å². The molecule has 0 saturated carbocycles. The smallest absolute Gasteiger partial charge is 0.261 e. The standard InChI is InChI=1S/C13H17F2N5O/c1-8-5-9(2)11(16)6-10(8)13-17-18-19-20(13)3-4-21-7-12(14)15/h5-6,12H,3-4,7,16H2,1-2H3. The molecule has 0 amide bonds. The van der Waals surface area contributed by atoms with Crippen LogP contribution >= 0.6 is 0 Å². The van der Waals surface area contributed by atoms with Crippen molar-refractivity contribution in [2.75, 3.05) is 18.9 Å². The summed E-state index contributed by atoms with van der Waals surface area (Å²) in [5, 5.41) is 11.4. The summed E-state index contributed by atoms with van der Waals surface area (Å²) in [5.41, 5.74) is 9.36. The second kappa shape index (κ2) is 6.57. The Labute approximate surface area is 120 Å². The number of nitrogens with zero attached hydrogens (tertiary/aromatic N) is 4. The third-order valence-corrected chi connectivity index (χ3v) is 3.08. The Bertz CT molecular complexity index is 615. The molecule has 2 aromatic rings. The third kappa shape index (κ3) is 3.72. The normalized spacial score (nSPS) is 11.3. The molecular formula is C13H17F2N5O. The SMILES string of the molecule is Cc1cc(C)c(-c2nnnn2CCOCC(F)F)cc1N. The highest BCUT2D eigenvalue weighted by Gasteiger charge is 2.13. The molecule has 0 aliphatic carbocycles. The zero-order valence-electron chi connectivity index (χ0n) is 11.9. The number of ether oxygens (including phenoxy) is 1. The summed E-state index contributed by atoms with van der Waals surface area (Å²) in [4.78, 5) is 0. The Balaban J connectivity index is 2.15. The van der Waals surface area contributed by atoms with Crippen molar-refractivity contribution in [3.8, 4) is 11.4 Å². The lowest BCUT2D eigenvalue weighted by Gasteiger charge is -2.10. The number of hydrogen-bond acceptors (Lipinski definition) is 5. The van der Waals surface area contributed by atoms with Gasteiger partial charge in [0.05, 0.1) is 13.2 Å². The first kappa shape index (κ1) is 15.3. The number of alkyl halides is 2. The molecule has 1 heterocycles. The summed E-state index contributed by atoms with van der Waals surface area (Å²) in [6.45, 7) is 3.68. The highest BCUT2D eigenvalue weighted by molar-refractivity contribution is 5.67. The van der Waals surface area contributed by atoms with E-state index in [2.05, 4.69) is 15.5 Å². The van der Waals surface area contributed by atoms with Crippen LogP contribution < -0.4 is 5.73 Å². The largest absolute Gasteiger partial charge is 0.398 e. The molecule has 0 fully saturated rings. The maximum Gasteiger partial charge on any atom is 0.261 e. The maximum absolute atomic E-state index is 12.0. The summed E-state index contributed by atoms with van der Waals surface area (Å²) in [5.74, 6) is 0.542. The molecule has 2 N–H and O–H groups in total. The van der Waals surface area contributed by atoms with Crippen LogP contribution in [0.25, 0.3) is 11.4 Å². The second-order valence-electron chi connectivity index (χ2n) is 4.72. The van der Waals surface area contributed by atoms with Gasteiger partial charge in [-0.05, 0) is 41.5 Å². The van der Waals surface area contributed by atoms with Crippen molar-refractivity contribution in [1.82, 2.24) is 20.2 Å². The monoisotopic (exact) mass is 297 g/mol. The Hall–Kier alpha value is -2.09. The number of rotatable bonds is 6. The van der Waals surface area contributed by atoms with Gasteiger partial charge in [0.1, 0.15) is 6.61 Å². The maximum atomic E-state index is 12.0. The van der Waals surface area contributed by atoms with E-state index in [1.807, 2.05) is 26.0 Å². The predicted molar refractivity (Wildman–Crippen MR) is 74.0 cm³/mol. The Morgan fingerprint density at radius 3 is 2.76 bits per heavy atom. The van der Waals surface area contributed by atoms with Gasteiger partial charge in [0, 0.05) is 11.3 Å². The van der Waals surface area contributed by atoms with E-state index >= 15 is 0 Å². The minimum absolute atomic E-state index is 0.114. The molecule has 114 valence electrons. The topological polar surface area (TPSA) is 78.8 Å². The summed E-state index contributed by atoms with van der Waals surface area (Å²) in [6, 6.07) is 3.77. The van der Waals surface area contributed by atoms with Crippen molar-refractivity contribution in [2.24, 2.45) is 0 Å². The molecule has 2 rings (SSSR count). The molecule has 1 aromatic heterocycles. The molecule has 0 bridgehead atoms. The van der Waals surface area contributed by atoms with Crippen molar-refractivity contribution < 1.29 is 13.5 Å². The summed E-state index contributed by atoms with van der Waals surface area (Å²) < 4.78 is 30.3. The Morgan fingerprint density at radius 1 is 1.29 bits per heavy atom. The van der Waals surface area contributed by atoms with E-state index in [9.17, 15) is 8.78 Å². The molecular weight excluding hydrogens is 280 g/mol. The lowest BCUT2D eigenvalue weighted by molar-refractivity contribution is 0.0140. The van der Waals surface area contributed by atoms with E-state index in [1.165, 1.54) is 4.68 Å². The zero-order chi connectivity index (χ0) is 15.4. The second-order valence-corrected chi connectivity index (χ2v) is 4.72. The van der Waals surface area contributed by atoms with Gasteiger partial charge in [-0.2, -0.15) is 0 Å². The van der Waals surface area contributed by atoms with Crippen LogP contribution in [0.15, 0.2) is 12.1 Å². The number of hydrogen-bond donors (Lipinski definition) is 1. The van der Waals surface area contributed by atoms with Gasteiger partial charge >= 0.3 is 0 Å². The Kier molecular flexibility index (Phi) is 4.79. The van der Waals surface area contributed by atoms with Gasteiger partial charge in [0.25, 0.3) is 6.43 Å². The minimum atomic E-state index is -2.47. The summed E-state index contributed by atoms with van der Waals surface area (Å²) in [6.07, 6.45) is -2.47. The lowest BCUT2D eigenvalue weighted by atomic mass is 10.0. The fourth-order valence-corrected chi connectivity index (χ4v) is 1.98. The predicted octanol–water partition coefficient (Wildman–Crippen LogP) is 1.82. The first-order valence-electron chi connectivity index (χ1n) is 6.48. The van der Waals surface area contributed by atoms with Crippen LogP contribution in [-0.2, 0) is 11.3 Å². The minimum Gasteiger partial charge on any atom is -0.398 e. The van der Waals surface area contributed by atoms with E-state index in [-0.39, 0.29) is 6.61 Å². The highest BCUT2D eigenvalue weighted by Crippen LogP contribution is 2.25. The number of aromatic nitrogens is 4. The molecule has 0 unspecified atom stereocenters. The van der Waals surface area contributed by atoms with Crippen molar-refractivity contribution in [2.45, 2.75) is 26.8 Å². The average Bonchev–Trinajstić information content (AvgIpc) is 2.87. The third-order valence-electron chi connectivity index (χ3n) is 3.08. The zero-order valence-corrected chi connectivity index (χ0v) is 11.9. The molecule has 0 aliphatic heterocycles. The molecule has 0 aliphatic rings. The first-order valence-corrected chi connectivity index (χ1v) is 6.48. The number of nitrogen functional groups attached to an aromatic ring is 1. The van der Waals surface area contributed by atoms with Crippen LogP contribution in [0.1, 0.15) is 11.1 Å². The van der Waals surface area contributed by atoms with Crippen LogP contribution in [0.3, 0.4) is 0 Å². The van der Waals surface area contributed by atoms with Gasteiger partial charge in [0.2, 0.25) is 0 Å². The molecule has 0 radical (unpaired) electrons. The van der Waals surface area contributed by atoms with E-state index < -0.39 is 13.0 Å². The number of anilines is 1. The number of aryl methyl sites for hydroxylation is 2. The van der Waals surface area contributed by atoms with E-state index in [4.69, 9.17) is 10.5 Å². The van der Waals surface area contributed by atoms with Gasteiger partial charge in [-0.15, -0.1) is 5.10 Å². The quantitative estimate of drug-likeness (QED) is 0.650.